The third-order valence-electron chi connectivity index (χ3n) is 4.09. The predicted octanol–water partition coefficient (Wildman–Crippen LogP) is 3.46. The number of amides is 2. The molecule has 4 nitrogen and oxygen atoms in total. The Morgan fingerprint density at radius 1 is 1.18 bits per heavy atom. The van der Waals surface area contributed by atoms with Crippen LogP contribution >= 0.6 is 0 Å². The van der Waals surface area contributed by atoms with E-state index in [2.05, 4.69) is 5.32 Å². The number of nitrogens with one attached hydrogen (secondary N) is 1. The van der Waals surface area contributed by atoms with Crippen LogP contribution in [0.2, 0.25) is 0 Å². The van der Waals surface area contributed by atoms with Crippen molar-refractivity contribution in [1.29, 1.82) is 0 Å². The van der Waals surface area contributed by atoms with Crippen molar-refractivity contribution in [1.82, 2.24) is 10.2 Å². The number of carbonyl (C=O) groups is 2. The average molecular weight is 302 g/mol. The zero-order valence-corrected chi connectivity index (χ0v) is 14.2. The fraction of sp³-hybridized carbons (Fsp3) is 0.556. The lowest BCUT2D eigenvalue weighted by atomic mass is 9.98. The lowest BCUT2D eigenvalue weighted by Crippen LogP contribution is -2.51. The van der Waals surface area contributed by atoms with E-state index in [0.29, 0.717) is 12.1 Å². The van der Waals surface area contributed by atoms with Gasteiger partial charge in [0, 0.05) is 17.6 Å². The zero-order valence-electron chi connectivity index (χ0n) is 14.2. The number of rotatable bonds is 2. The molecule has 1 heterocycles. The number of benzene rings is 1. The average Bonchev–Trinajstić information content (AvgIpc) is 2.88. The van der Waals surface area contributed by atoms with Crippen LogP contribution in [0.1, 0.15) is 55.1 Å². The first-order chi connectivity index (χ1) is 10.2. The highest BCUT2D eigenvalue weighted by Crippen LogP contribution is 2.23. The molecule has 1 aromatic carbocycles. The number of carbonyl (C=O) groups excluding carboxylic acids is 2. The van der Waals surface area contributed by atoms with Gasteiger partial charge in [-0.3, -0.25) is 4.79 Å². The van der Waals surface area contributed by atoms with Crippen molar-refractivity contribution in [2.75, 3.05) is 6.54 Å². The van der Waals surface area contributed by atoms with E-state index in [4.69, 9.17) is 0 Å². The zero-order chi connectivity index (χ0) is 16.5. The summed E-state index contributed by atoms with van der Waals surface area (Å²) in [5.41, 5.74) is 2.68. The van der Waals surface area contributed by atoms with Crippen LogP contribution in [0.3, 0.4) is 0 Å². The Labute approximate surface area is 132 Å². The highest BCUT2D eigenvalue weighted by Gasteiger charge is 2.35. The second kappa shape index (κ2) is 6.11. The van der Waals surface area contributed by atoms with Crippen molar-refractivity contribution in [2.45, 2.75) is 59.0 Å². The Kier molecular flexibility index (Phi) is 4.59. The molecule has 2 rings (SSSR count). The molecule has 1 atom stereocenters. The number of urea groups is 1. The van der Waals surface area contributed by atoms with Crippen LogP contribution in [0, 0.1) is 13.8 Å². The van der Waals surface area contributed by atoms with Crippen molar-refractivity contribution in [2.24, 2.45) is 0 Å². The molecule has 1 aromatic rings. The molecular weight excluding hydrogens is 276 g/mol. The quantitative estimate of drug-likeness (QED) is 0.851. The van der Waals surface area contributed by atoms with Gasteiger partial charge in [0.2, 0.25) is 0 Å². The van der Waals surface area contributed by atoms with Crippen LogP contribution in [0.15, 0.2) is 18.2 Å². The summed E-state index contributed by atoms with van der Waals surface area (Å²) in [7, 11) is 0. The smallest absolute Gasteiger partial charge is 0.318 e. The van der Waals surface area contributed by atoms with Gasteiger partial charge in [0.05, 0.1) is 6.04 Å². The first-order valence-electron chi connectivity index (χ1n) is 7.89. The van der Waals surface area contributed by atoms with Crippen LogP contribution < -0.4 is 5.32 Å². The Morgan fingerprint density at radius 2 is 1.86 bits per heavy atom. The van der Waals surface area contributed by atoms with Crippen LogP contribution in [0.4, 0.5) is 4.79 Å². The van der Waals surface area contributed by atoms with Crippen LogP contribution in [0.5, 0.6) is 0 Å². The summed E-state index contributed by atoms with van der Waals surface area (Å²) in [6, 6.07) is 5.27. The number of hydrogen-bond acceptors (Lipinski definition) is 2. The van der Waals surface area contributed by atoms with Gasteiger partial charge in [-0.05, 0) is 64.7 Å². The molecule has 0 saturated carbocycles. The van der Waals surface area contributed by atoms with E-state index in [0.717, 1.165) is 18.4 Å². The SMILES string of the molecule is Cc1ccc(C(=O)C2CCCN2C(=O)NC(C)(C)C)cc1C. The van der Waals surface area contributed by atoms with Gasteiger partial charge < -0.3 is 10.2 Å². The van der Waals surface area contributed by atoms with E-state index in [-0.39, 0.29) is 23.4 Å². The van der Waals surface area contributed by atoms with Gasteiger partial charge in [0.1, 0.15) is 0 Å². The number of nitrogens with zero attached hydrogens (tertiary/aromatic N) is 1. The molecule has 0 aliphatic carbocycles. The van der Waals surface area contributed by atoms with Crippen molar-refractivity contribution in [3.8, 4) is 0 Å². The number of Topliss-reactive ketones (excluding diaryl/α,β-unsaturated/α-hetero) is 1. The van der Waals surface area contributed by atoms with Crippen molar-refractivity contribution >= 4 is 11.8 Å². The van der Waals surface area contributed by atoms with E-state index in [1.165, 1.54) is 5.56 Å². The molecule has 120 valence electrons. The van der Waals surface area contributed by atoms with Crippen LogP contribution in [0.25, 0.3) is 0 Å². The molecule has 0 aromatic heterocycles. The third-order valence-corrected chi connectivity index (χ3v) is 4.09. The first kappa shape index (κ1) is 16.5. The summed E-state index contributed by atoms with van der Waals surface area (Å²) in [6.45, 7) is 10.5. The lowest BCUT2D eigenvalue weighted by Gasteiger charge is -2.29. The maximum absolute atomic E-state index is 12.8. The van der Waals surface area contributed by atoms with Gasteiger partial charge in [-0.2, -0.15) is 0 Å². The number of aryl methyl sites for hydroxylation is 2. The molecule has 0 bridgehead atoms. The second-order valence-corrected chi connectivity index (χ2v) is 7.19. The second-order valence-electron chi connectivity index (χ2n) is 7.19. The third kappa shape index (κ3) is 3.67. The Balaban J connectivity index is 2.17. The Bertz CT molecular complexity index is 587. The molecule has 1 unspecified atom stereocenters. The fourth-order valence-corrected chi connectivity index (χ4v) is 2.76. The summed E-state index contributed by atoms with van der Waals surface area (Å²) in [5, 5.41) is 2.95. The number of hydrogen-bond donors (Lipinski definition) is 1. The van der Waals surface area contributed by atoms with E-state index in [9.17, 15) is 9.59 Å². The van der Waals surface area contributed by atoms with E-state index >= 15 is 0 Å². The molecule has 22 heavy (non-hydrogen) atoms. The van der Waals surface area contributed by atoms with Crippen molar-refractivity contribution in [3.63, 3.8) is 0 Å². The molecule has 4 heteroatoms. The normalized spacial score (nSPS) is 18.4. The van der Waals surface area contributed by atoms with Gasteiger partial charge in [0.15, 0.2) is 5.78 Å². The van der Waals surface area contributed by atoms with Gasteiger partial charge >= 0.3 is 6.03 Å². The highest BCUT2D eigenvalue weighted by molar-refractivity contribution is 6.02. The molecule has 1 aliphatic heterocycles. The predicted molar refractivity (Wildman–Crippen MR) is 88.3 cm³/mol. The minimum absolute atomic E-state index is 0.0460. The van der Waals surface area contributed by atoms with Crippen molar-refractivity contribution in [3.05, 3.63) is 34.9 Å². The minimum Gasteiger partial charge on any atom is -0.333 e. The molecule has 0 spiro atoms. The van der Waals surface area contributed by atoms with Gasteiger partial charge in [-0.1, -0.05) is 12.1 Å². The maximum Gasteiger partial charge on any atom is 0.318 e. The van der Waals surface area contributed by atoms with E-state index in [1.807, 2.05) is 52.8 Å². The van der Waals surface area contributed by atoms with Gasteiger partial charge in [-0.15, -0.1) is 0 Å². The topological polar surface area (TPSA) is 49.4 Å². The fourth-order valence-electron chi connectivity index (χ4n) is 2.76. The Morgan fingerprint density at radius 3 is 2.45 bits per heavy atom. The molecule has 0 radical (unpaired) electrons. The maximum atomic E-state index is 12.8. The van der Waals surface area contributed by atoms with Crippen LogP contribution in [-0.2, 0) is 0 Å². The molecular formula is C18H26N2O2. The standard InChI is InChI=1S/C18H26N2O2/c1-12-8-9-14(11-13(12)2)16(21)15-7-6-10-20(15)17(22)19-18(3,4)5/h8-9,11,15H,6-7,10H2,1-5H3,(H,19,22). The van der Waals surface area contributed by atoms with E-state index < -0.39 is 0 Å². The molecule has 2 amide bonds. The summed E-state index contributed by atoms with van der Waals surface area (Å²) >= 11 is 0. The largest absolute Gasteiger partial charge is 0.333 e. The summed E-state index contributed by atoms with van der Waals surface area (Å²) < 4.78 is 0. The molecule has 1 aliphatic rings. The van der Waals surface area contributed by atoms with Crippen LogP contribution in [-0.4, -0.2) is 34.8 Å². The minimum atomic E-state index is -0.343. The number of likely N-dealkylation sites (tertiary alicyclic amines) is 1. The summed E-state index contributed by atoms with van der Waals surface area (Å²) in [5.74, 6) is 0.0460. The monoisotopic (exact) mass is 302 g/mol. The Hall–Kier alpha value is -1.84. The molecule has 1 fully saturated rings. The summed E-state index contributed by atoms with van der Waals surface area (Å²) in [6.07, 6.45) is 1.61. The van der Waals surface area contributed by atoms with Gasteiger partial charge in [0.25, 0.3) is 0 Å². The van der Waals surface area contributed by atoms with Gasteiger partial charge in [-0.25, -0.2) is 4.79 Å². The number of ketones is 1. The molecule has 1 saturated heterocycles. The van der Waals surface area contributed by atoms with Crippen molar-refractivity contribution < 1.29 is 9.59 Å². The first-order valence-corrected chi connectivity index (χ1v) is 7.89. The van der Waals surface area contributed by atoms with E-state index in [1.54, 1.807) is 4.90 Å². The highest BCUT2D eigenvalue weighted by atomic mass is 16.2. The molecule has 1 N–H and O–H groups in total. The summed E-state index contributed by atoms with van der Waals surface area (Å²) in [4.78, 5) is 26.8. The lowest BCUT2D eigenvalue weighted by molar-refractivity contribution is 0.0883.